The standard InChI is InChI=1S/C21H25NO5/c1-21(2,3)26-19(23)17(16-12-8-5-9-13-16)18(27-22)20(24)25-14-15-10-6-4-7-11-15/h4-13,17-18H,14,22H2,1-3H3. The Morgan fingerprint density at radius 2 is 1.48 bits per heavy atom. The maximum Gasteiger partial charge on any atom is 0.339 e. The fourth-order valence-electron chi connectivity index (χ4n) is 2.54. The summed E-state index contributed by atoms with van der Waals surface area (Å²) in [6.07, 6.45) is -1.33. The van der Waals surface area contributed by atoms with Crippen molar-refractivity contribution in [2.75, 3.05) is 0 Å². The maximum atomic E-state index is 12.8. The van der Waals surface area contributed by atoms with Gasteiger partial charge in [-0.2, -0.15) is 0 Å². The van der Waals surface area contributed by atoms with E-state index in [2.05, 4.69) is 0 Å². The SMILES string of the molecule is CC(C)(C)OC(=O)C(c1ccccc1)C(ON)C(=O)OCc1ccccc1. The zero-order valence-electron chi connectivity index (χ0n) is 15.8. The van der Waals surface area contributed by atoms with Crippen molar-refractivity contribution in [3.8, 4) is 0 Å². The predicted molar refractivity (Wildman–Crippen MR) is 100 cm³/mol. The predicted octanol–water partition coefficient (Wildman–Crippen LogP) is 3.11. The minimum Gasteiger partial charge on any atom is -0.459 e. The van der Waals surface area contributed by atoms with Crippen molar-refractivity contribution in [2.24, 2.45) is 5.90 Å². The Labute approximate surface area is 159 Å². The summed E-state index contributed by atoms with van der Waals surface area (Å²) in [5.74, 6) is 2.99. The lowest BCUT2D eigenvalue weighted by Gasteiger charge is -2.27. The smallest absolute Gasteiger partial charge is 0.339 e. The molecule has 0 saturated heterocycles. The highest BCUT2D eigenvalue weighted by Crippen LogP contribution is 2.26. The van der Waals surface area contributed by atoms with Crippen molar-refractivity contribution in [3.63, 3.8) is 0 Å². The van der Waals surface area contributed by atoms with Gasteiger partial charge in [0.05, 0.1) is 0 Å². The van der Waals surface area contributed by atoms with Gasteiger partial charge in [-0.3, -0.25) is 9.63 Å². The molecule has 0 bridgehead atoms. The van der Waals surface area contributed by atoms with Gasteiger partial charge < -0.3 is 9.47 Å². The molecule has 2 aromatic rings. The summed E-state index contributed by atoms with van der Waals surface area (Å²) >= 11 is 0. The molecule has 6 heteroatoms. The molecule has 2 rings (SSSR count). The Hall–Kier alpha value is -2.70. The van der Waals surface area contributed by atoms with Gasteiger partial charge in [-0.05, 0) is 31.9 Å². The molecular weight excluding hydrogens is 346 g/mol. The van der Waals surface area contributed by atoms with Crippen LogP contribution in [0, 0.1) is 0 Å². The fourth-order valence-corrected chi connectivity index (χ4v) is 2.54. The lowest BCUT2D eigenvalue weighted by atomic mass is 9.93. The molecule has 0 heterocycles. The maximum absolute atomic E-state index is 12.8. The van der Waals surface area contributed by atoms with Crippen LogP contribution < -0.4 is 5.90 Å². The van der Waals surface area contributed by atoms with Crippen LogP contribution in [0.3, 0.4) is 0 Å². The monoisotopic (exact) mass is 371 g/mol. The van der Waals surface area contributed by atoms with Gasteiger partial charge in [-0.25, -0.2) is 10.7 Å². The first-order valence-electron chi connectivity index (χ1n) is 8.65. The minimum absolute atomic E-state index is 0.0510. The molecule has 0 aliphatic carbocycles. The van der Waals surface area contributed by atoms with E-state index in [1.807, 2.05) is 36.4 Å². The Balaban J connectivity index is 2.22. The first kappa shape index (κ1) is 20.6. The van der Waals surface area contributed by atoms with E-state index in [0.717, 1.165) is 5.56 Å². The molecule has 27 heavy (non-hydrogen) atoms. The highest BCUT2D eigenvalue weighted by Gasteiger charge is 2.39. The van der Waals surface area contributed by atoms with Crippen molar-refractivity contribution in [1.82, 2.24) is 0 Å². The summed E-state index contributed by atoms with van der Waals surface area (Å²) in [6.45, 7) is 5.30. The van der Waals surface area contributed by atoms with Gasteiger partial charge in [0.25, 0.3) is 0 Å². The Morgan fingerprint density at radius 1 is 0.926 bits per heavy atom. The normalized spacial score (nSPS) is 13.5. The number of rotatable bonds is 7. The second-order valence-corrected chi connectivity index (χ2v) is 7.07. The van der Waals surface area contributed by atoms with Gasteiger partial charge in [0, 0.05) is 0 Å². The highest BCUT2D eigenvalue weighted by atomic mass is 16.7. The van der Waals surface area contributed by atoms with Crippen LogP contribution in [0.2, 0.25) is 0 Å². The van der Waals surface area contributed by atoms with Crippen LogP contribution in [0.15, 0.2) is 60.7 Å². The van der Waals surface area contributed by atoms with E-state index in [0.29, 0.717) is 5.56 Å². The summed E-state index contributed by atoms with van der Waals surface area (Å²) in [7, 11) is 0. The quantitative estimate of drug-likeness (QED) is 0.594. The van der Waals surface area contributed by atoms with Gasteiger partial charge >= 0.3 is 11.9 Å². The molecule has 6 nitrogen and oxygen atoms in total. The Kier molecular flexibility index (Phi) is 7.10. The topological polar surface area (TPSA) is 87.9 Å². The number of nitrogens with two attached hydrogens (primary N) is 1. The van der Waals surface area contributed by atoms with Crippen LogP contribution in [-0.2, 0) is 30.5 Å². The van der Waals surface area contributed by atoms with E-state index >= 15 is 0 Å². The molecule has 2 aromatic carbocycles. The summed E-state index contributed by atoms with van der Waals surface area (Å²) in [5.41, 5.74) is 0.644. The Morgan fingerprint density at radius 3 is 2.00 bits per heavy atom. The summed E-state index contributed by atoms with van der Waals surface area (Å²) in [6, 6.07) is 18.0. The summed E-state index contributed by atoms with van der Waals surface area (Å²) in [5, 5.41) is 0. The first-order valence-corrected chi connectivity index (χ1v) is 8.65. The minimum atomic E-state index is -1.33. The van der Waals surface area contributed by atoms with Gasteiger partial charge in [0.2, 0.25) is 0 Å². The number of ether oxygens (including phenoxy) is 2. The van der Waals surface area contributed by atoms with Crippen LogP contribution in [-0.4, -0.2) is 23.6 Å². The van der Waals surface area contributed by atoms with E-state index in [9.17, 15) is 9.59 Å². The lowest BCUT2D eigenvalue weighted by Crippen LogP contribution is -2.41. The van der Waals surface area contributed by atoms with Gasteiger partial charge in [0.15, 0.2) is 6.10 Å². The van der Waals surface area contributed by atoms with Crippen molar-refractivity contribution in [3.05, 3.63) is 71.8 Å². The number of esters is 2. The second-order valence-electron chi connectivity index (χ2n) is 7.07. The van der Waals surface area contributed by atoms with Gasteiger partial charge in [0.1, 0.15) is 18.1 Å². The Bertz CT molecular complexity index is 740. The van der Waals surface area contributed by atoms with E-state index < -0.39 is 29.6 Å². The van der Waals surface area contributed by atoms with E-state index in [4.69, 9.17) is 20.2 Å². The van der Waals surface area contributed by atoms with E-state index in [1.54, 1.807) is 45.0 Å². The number of carbonyl (C=O) groups excluding carboxylic acids is 2. The van der Waals surface area contributed by atoms with E-state index in [-0.39, 0.29) is 6.61 Å². The highest BCUT2D eigenvalue weighted by molar-refractivity contribution is 5.88. The molecule has 0 spiro atoms. The average molecular weight is 371 g/mol. The molecular formula is C21H25NO5. The average Bonchev–Trinajstić information content (AvgIpc) is 2.64. The van der Waals surface area contributed by atoms with Crippen molar-refractivity contribution >= 4 is 11.9 Å². The third-order valence-corrected chi connectivity index (χ3v) is 3.72. The van der Waals surface area contributed by atoms with Gasteiger partial charge in [-0.15, -0.1) is 0 Å². The number of carbonyl (C=O) groups is 2. The molecule has 0 amide bonds. The number of hydrogen-bond donors (Lipinski definition) is 1. The molecule has 144 valence electrons. The molecule has 0 fully saturated rings. The van der Waals surface area contributed by atoms with Crippen LogP contribution in [0.4, 0.5) is 0 Å². The number of benzene rings is 2. The zero-order chi connectivity index (χ0) is 19.9. The largest absolute Gasteiger partial charge is 0.459 e. The molecule has 0 aliphatic heterocycles. The van der Waals surface area contributed by atoms with E-state index in [1.165, 1.54) is 0 Å². The fraction of sp³-hybridized carbons (Fsp3) is 0.333. The van der Waals surface area contributed by atoms with Crippen LogP contribution in [0.25, 0.3) is 0 Å². The first-order chi connectivity index (χ1) is 12.8. The van der Waals surface area contributed by atoms with Crippen molar-refractivity contribution < 1.29 is 23.9 Å². The molecule has 0 saturated carbocycles. The van der Waals surface area contributed by atoms with Crippen LogP contribution in [0.1, 0.15) is 37.8 Å². The van der Waals surface area contributed by atoms with Crippen molar-refractivity contribution in [2.45, 2.75) is 45.0 Å². The molecule has 0 radical (unpaired) electrons. The molecule has 0 aromatic heterocycles. The second kappa shape index (κ2) is 9.30. The van der Waals surface area contributed by atoms with Gasteiger partial charge in [-0.1, -0.05) is 60.7 Å². The summed E-state index contributed by atoms with van der Waals surface area (Å²) < 4.78 is 10.8. The van der Waals surface area contributed by atoms with Crippen molar-refractivity contribution in [1.29, 1.82) is 0 Å². The molecule has 0 aliphatic rings. The molecule has 2 atom stereocenters. The molecule has 2 N–H and O–H groups in total. The number of hydrogen-bond acceptors (Lipinski definition) is 6. The lowest BCUT2D eigenvalue weighted by molar-refractivity contribution is -0.172. The third kappa shape index (κ3) is 6.20. The van der Waals surface area contributed by atoms with Crippen LogP contribution in [0.5, 0.6) is 0 Å². The zero-order valence-corrected chi connectivity index (χ0v) is 15.8. The molecule has 2 unspecified atom stereocenters. The third-order valence-electron chi connectivity index (χ3n) is 3.72. The summed E-state index contributed by atoms with van der Waals surface area (Å²) in [4.78, 5) is 30.2. The van der Waals surface area contributed by atoms with Crippen LogP contribution >= 0.6 is 0 Å².